The van der Waals surface area contributed by atoms with Crippen LogP contribution >= 0.6 is 11.3 Å². The molecule has 0 aliphatic carbocycles. The van der Waals surface area contributed by atoms with Crippen molar-refractivity contribution in [3.8, 4) is 0 Å². The third-order valence-electron chi connectivity index (χ3n) is 3.67. The van der Waals surface area contributed by atoms with Crippen LogP contribution in [0, 0.1) is 0 Å². The first-order valence-corrected chi connectivity index (χ1v) is 7.88. The van der Waals surface area contributed by atoms with Crippen molar-refractivity contribution in [2.45, 2.75) is 39.3 Å². The van der Waals surface area contributed by atoms with Crippen LogP contribution in [0.25, 0.3) is 0 Å². The summed E-state index contributed by atoms with van der Waals surface area (Å²) in [7, 11) is 0. The molecule has 1 aliphatic rings. The standard InChI is InChI=1S/C15H19N3OS/c1-10(2)14-16-13-5-6-18(8-11-4-3-7-20-11)9-12(13)15(19)17-14/h3-4,7,10H,5-6,8-9H2,1-2H3,(H,16,17,19). The molecule has 0 amide bonds. The number of hydrogen-bond donors (Lipinski definition) is 1. The number of hydrogen-bond acceptors (Lipinski definition) is 4. The minimum absolute atomic E-state index is 0.0366. The number of H-pyrrole nitrogens is 1. The number of aromatic amines is 1. The van der Waals surface area contributed by atoms with Gasteiger partial charge in [-0.1, -0.05) is 19.9 Å². The molecule has 0 spiro atoms. The Kier molecular flexibility index (Phi) is 3.72. The van der Waals surface area contributed by atoms with Gasteiger partial charge in [0.2, 0.25) is 0 Å². The molecule has 0 bridgehead atoms. The van der Waals surface area contributed by atoms with Gasteiger partial charge in [0.15, 0.2) is 0 Å². The molecule has 0 aromatic carbocycles. The second-order valence-corrected chi connectivity index (χ2v) is 6.60. The summed E-state index contributed by atoms with van der Waals surface area (Å²) in [6.45, 7) is 6.70. The fourth-order valence-electron chi connectivity index (χ4n) is 2.53. The highest BCUT2D eigenvalue weighted by atomic mass is 32.1. The normalized spacial score (nSPS) is 15.6. The molecule has 0 radical (unpaired) electrons. The Labute approximate surface area is 122 Å². The maximum absolute atomic E-state index is 12.2. The molecular formula is C15H19N3OS. The second kappa shape index (κ2) is 5.50. The van der Waals surface area contributed by atoms with E-state index in [0.29, 0.717) is 6.54 Å². The maximum Gasteiger partial charge on any atom is 0.255 e. The van der Waals surface area contributed by atoms with Gasteiger partial charge in [-0.05, 0) is 11.4 Å². The van der Waals surface area contributed by atoms with Crippen LogP contribution in [0.4, 0.5) is 0 Å². The molecule has 2 aromatic rings. The average molecular weight is 289 g/mol. The van der Waals surface area contributed by atoms with Crippen LogP contribution in [-0.2, 0) is 19.5 Å². The predicted octanol–water partition coefficient (Wildman–Crippen LogP) is 2.51. The Morgan fingerprint density at radius 2 is 2.35 bits per heavy atom. The smallest absolute Gasteiger partial charge is 0.255 e. The summed E-state index contributed by atoms with van der Waals surface area (Å²) in [5.74, 6) is 1.07. The summed E-state index contributed by atoms with van der Waals surface area (Å²) in [5, 5.41) is 2.09. The van der Waals surface area contributed by atoms with E-state index >= 15 is 0 Å². The lowest BCUT2D eigenvalue weighted by atomic mass is 10.1. The average Bonchev–Trinajstić information content (AvgIpc) is 2.92. The maximum atomic E-state index is 12.2. The summed E-state index contributed by atoms with van der Waals surface area (Å²) >= 11 is 1.77. The Balaban J connectivity index is 1.83. The van der Waals surface area contributed by atoms with Gasteiger partial charge in [-0.25, -0.2) is 4.98 Å². The second-order valence-electron chi connectivity index (χ2n) is 5.57. The van der Waals surface area contributed by atoms with Gasteiger partial charge < -0.3 is 4.98 Å². The van der Waals surface area contributed by atoms with Crippen molar-refractivity contribution >= 4 is 11.3 Å². The van der Waals surface area contributed by atoms with Gasteiger partial charge in [0.1, 0.15) is 5.82 Å². The number of nitrogens with one attached hydrogen (secondary N) is 1. The fourth-order valence-corrected chi connectivity index (χ4v) is 3.28. The van der Waals surface area contributed by atoms with Crippen LogP contribution in [0.15, 0.2) is 22.3 Å². The molecule has 0 saturated carbocycles. The van der Waals surface area contributed by atoms with Crippen LogP contribution in [0.3, 0.4) is 0 Å². The van der Waals surface area contributed by atoms with E-state index in [1.54, 1.807) is 11.3 Å². The third kappa shape index (κ3) is 2.69. The number of thiophene rings is 1. The minimum Gasteiger partial charge on any atom is -0.310 e. The van der Waals surface area contributed by atoms with E-state index in [-0.39, 0.29) is 11.5 Å². The lowest BCUT2D eigenvalue weighted by Crippen LogP contribution is -2.35. The van der Waals surface area contributed by atoms with E-state index in [9.17, 15) is 4.79 Å². The van der Waals surface area contributed by atoms with Crippen LogP contribution in [0.1, 0.15) is 41.7 Å². The SMILES string of the molecule is CC(C)c1nc2c(c(=O)[nH]1)CN(Cc1cccs1)CC2. The number of rotatable bonds is 3. The highest BCUT2D eigenvalue weighted by Gasteiger charge is 2.21. The van der Waals surface area contributed by atoms with E-state index in [2.05, 4.69) is 46.2 Å². The highest BCUT2D eigenvalue weighted by molar-refractivity contribution is 7.09. The molecule has 0 fully saturated rings. The first kappa shape index (κ1) is 13.5. The van der Waals surface area contributed by atoms with Crippen molar-refractivity contribution in [3.05, 3.63) is 49.8 Å². The molecule has 3 rings (SSSR count). The first-order valence-electron chi connectivity index (χ1n) is 7.00. The zero-order valence-corrected chi connectivity index (χ0v) is 12.7. The summed E-state index contributed by atoms with van der Waals surface area (Å²) < 4.78 is 0. The van der Waals surface area contributed by atoms with Crippen LogP contribution < -0.4 is 5.56 Å². The summed E-state index contributed by atoms with van der Waals surface area (Å²) in [6.07, 6.45) is 0.865. The van der Waals surface area contributed by atoms with Crippen LogP contribution in [-0.4, -0.2) is 21.4 Å². The van der Waals surface area contributed by atoms with Gasteiger partial charge in [-0.3, -0.25) is 9.69 Å². The summed E-state index contributed by atoms with van der Waals surface area (Å²) in [5.41, 5.74) is 1.87. The van der Waals surface area contributed by atoms with Crippen molar-refractivity contribution in [3.63, 3.8) is 0 Å². The van der Waals surface area contributed by atoms with Gasteiger partial charge >= 0.3 is 0 Å². The lowest BCUT2D eigenvalue weighted by molar-refractivity contribution is 0.243. The summed E-state index contributed by atoms with van der Waals surface area (Å²) in [6, 6.07) is 4.21. The van der Waals surface area contributed by atoms with Gasteiger partial charge in [0, 0.05) is 36.9 Å². The fraction of sp³-hybridized carbons (Fsp3) is 0.467. The Bertz CT molecular complexity index is 646. The molecule has 0 atom stereocenters. The molecule has 20 heavy (non-hydrogen) atoms. The largest absolute Gasteiger partial charge is 0.310 e. The van der Waals surface area contributed by atoms with E-state index < -0.39 is 0 Å². The van der Waals surface area contributed by atoms with E-state index in [1.165, 1.54) is 4.88 Å². The Hall–Kier alpha value is -1.46. The van der Waals surface area contributed by atoms with Crippen LogP contribution in [0.2, 0.25) is 0 Å². The number of fused-ring (bicyclic) bond motifs is 1. The summed E-state index contributed by atoms with van der Waals surface area (Å²) in [4.78, 5) is 23.4. The van der Waals surface area contributed by atoms with Crippen molar-refractivity contribution in [1.82, 2.24) is 14.9 Å². The predicted molar refractivity (Wildman–Crippen MR) is 81.1 cm³/mol. The van der Waals surface area contributed by atoms with Crippen LogP contribution in [0.5, 0.6) is 0 Å². The molecule has 3 heterocycles. The van der Waals surface area contributed by atoms with E-state index in [4.69, 9.17) is 0 Å². The molecule has 1 aliphatic heterocycles. The van der Waals surface area contributed by atoms with Crippen molar-refractivity contribution < 1.29 is 0 Å². The molecule has 2 aromatic heterocycles. The van der Waals surface area contributed by atoms with Gasteiger partial charge in [-0.2, -0.15) is 0 Å². The van der Waals surface area contributed by atoms with Crippen molar-refractivity contribution in [2.75, 3.05) is 6.54 Å². The third-order valence-corrected chi connectivity index (χ3v) is 4.53. The van der Waals surface area contributed by atoms with Gasteiger partial charge in [-0.15, -0.1) is 11.3 Å². The molecule has 5 heteroatoms. The Morgan fingerprint density at radius 1 is 1.50 bits per heavy atom. The van der Waals surface area contributed by atoms with E-state index in [0.717, 1.165) is 36.6 Å². The first-order chi connectivity index (χ1) is 9.63. The van der Waals surface area contributed by atoms with Gasteiger partial charge in [0.25, 0.3) is 5.56 Å². The highest BCUT2D eigenvalue weighted by Crippen LogP contribution is 2.19. The molecule has 0 unspecified atom stereocenters. The quantitative estimate of drug-likeness (QED) is 0.944. The minimum atomic E-state index is 0.0366. The van der Waals surface area contributed by atoms with Crippen molar-refractivity contribution in [2.24, 2.45) is 0 Å². The number of nitrogens with zero attached hydrogens (tertiary/aromatic N) is 2. The van der Waals surface area contributed by atoms with Gasteiger partial charge in [0.05, 0.1) is 11.3 Å². The zero-order chi connectivity index (χ0) is 14.1. The molecule has 4 nitrogen and oxygen atoms in total. The molecule has 106 valence electrons. The van der Waals surface area contributed by atoms with E-state index in [1.807, 2.05) is 0 Å². The topological polar surface area (TPSA) is 49.0 Å². The Morgan fingerprint density at radius 3 is 3.05 bits per heavy atom. The zero-order valence-electron chi connectivity index (χ0n) is 11.8. The monoisotopic (exact) mass is 289 g/mol. The molecular weight excluding hydrogens is 270 g/mol. The van der Waals surface area contributed by atoms with Crippen molar-refractivity contribution in [1.29, 1.82) is 0 Å². The molecule has 1 N–H and O–H groups in total. The number of aromatic nitrogens is 2. The molecule has 0 saturated heterocycles. The lowest BCUT2D eigenvalue weighted by Gasteiger charge is -2.27.